The Morgan fingerprint density at radius 3 is 2.22 bits per heavy atom. The van der Waals surface area contributed by atoms with Crippen LogP contribution in [0.5, 0.6) is 0 Å². The maximum absolute atomic E-state index is 10.8. The Morgan fingerprint density at radius 2 is 1.65 bits per heavy atom. The van der Waals surface area contributed by atoms with E-state index >= 15 is 0 Å². The van der Waals surface area contributed by atoms with Gasteiger partial charge in [-0.15, -0.1) is 23.1 Å². The number of halogens is 1. The van der Waals surface area contributed by atoms with Crippen molar-refractivity contribution >= 4 is 40.4 Å². The fourth-order valence-corrected chi connectivity index (χ4v) is 3.96. The van der Waals surface area contributed by atoms with Gasteiger partial charge in [0.25, 0.3) is 5.69 Å². The molecule has 0 aliphatic carbocycles. The molecule has 3 nitrogen and oxygen atoms in total. The van der Waals surface area contributed by atoms with E-state index in [1.807, 2.05) is 12.3 Å². The van der Waals surface area contributed by atoms with Crippen LogP contribution in [0.3, 0.4) is 0 Å². The SMILES string of the molecule is CSc1ccc(-c2cc(Cl)sc2-c2ccc([N+](=O)[O-])cc2)cc1. The molecule has 0 unspecified atom stereocenters. The summed E-state index contributed by atoms with van der Waals surface area (Å²) >= 11 is 9.38. The minimum absolute atomic E-state index is 0.0854. The van der Waals surface area contributed by atoms with Crippen molar-refractivity contribution in [3.05, 3.63) is 69.0 Å². The van der Waals surface area contributed by atoms with Crippen molar-refractivity contribution in [3.8, 4) is 21.6 Å². The minimum Gasteiger partial charge on any atom is -0.258 e. The zero-order valence-electron chi connectivity index (χ0n) is 12.2. The van der Waals surface area contributed by atoms with Crippen molar-refractivity contribution in [1.82, 2.24) is 0 Å². The van der Waals surface area contributed by atoms with E-state index in [0.717, 1.165) is 21.6 Å². The van der Waals surface area contributed by atoms with E-state index in [1.165, 1.54) is 28.4 Å². The maximum atomic E-state index is 10.8. The van der Waals surface area contributed by atoms with Crippen LogP contribution in [-0.2, 0) is 0 Å². The maximum Gasteiger partial charge on any atom is 0.269 e. The number of rotatable bonds is 4. The molecule has 6 heteroatoms. The fraction of sp³-hybridized carbons (Fsp3) is 0.0588. The molecule has 0 aliphatic heterocycles. The standard InChI is InChI=1S/C17H12ClNO2S2/c1-22-14-8-4-11(5-9-14)15-10-16(18)23-17(15)12-2-6-13(7-3-12)19(20)21/h2-10H,1H3. The van der Waals surface area contributed by atoms with Crippen LogP contribution in [0.15, 0.2) is 59.5 Å². The summed E-state index contributed by atoms with van der Waals surface area (Å²) in [5.41, 5.74) is 3.14. The lowest BCUT2D eigenvalue weighted by Gasteiger charge is -2.05. The first-order valence-corrected chi connectivity index (χ1v) is 9.19. The molecule has 0 saturated carbocycles. The molecule has 0 bridgehead atoms. The summed E-state index contributed by atoms with van der Waals surface area (Å²) in [6, 6.07) is 16.8. The van der Waals surface area contributed by atoms with E-state index in [9.17, 15) is 10.1 Å². The van der Waals surface area contributed by atoms with Gasteiger partial charge in [0.15, 0.2) is 0 Å². The molecule has 0 N–H and O–H groups in total. The lowest BCUT2D eigenvalue weighted by molar-refractivity contribution is -0.384. The molecule has 116 valence electrons. The largest absolute Gasteiger partial charge is 0.269 e. The van der Waals surface area contributed by atoms with Crippen LogP contribution in [0.1, 0.15) is 0 Å². The number of thioether (sulfide) groups is 1. The van der Waals surface area contributed by atoms with Gasteiger partial charge in [0.2, 0.25) is 0 Å². The van der Waals surface area contributed by atoms with Gasteiger partial charge in [0, 0.05) is 27.5 Å². The highest BCUT2D eigenvalue weighted by molar-refractivity contribution is 7.98. The van der Waals surface area contributed by atoms with Gasteiger partial charge in [-0.05, 0) is 47.7 Å². The highest BCUT2D eigenvalue weighted by atomic mass is 35.5. The Morgan fingerprint density at radius 1 is 1.04 bits per heavy atom. The van der Waals surface area contributed by atoms with E-state index in [0.29, 0.717) is 4.34 Å². The molecule has 0 saturated heterocycles. The monoisotopic (exact) mass is 361 g/mol. The summed E-state index contributed by atoms with van der Waals surface area (Å²) in [4.78, 5) is 12.6. The van der Waals surface area contributed by atoms with Crippen molar-refractivity contribution in [2.24, 2.45) is 0 Å². The molecule has 0 radical (unpaired) electrons. The molecule has 0 amide bonds. The zero-order valence-corrected chi connectivity index (χ0v) is 14.5. The number of benzene rings is 2. The molecule has 1 heterocycles. The summed E-state index contributed by atoms with van der Waals surface area (Å²) in [6.45, 7) is 0. The number of nitro benzene ring substituents is 1. The van der Waals surface area contributed by atoms with E-state index < -0.39 is 4.92 Å². The topological polar surface area (TPSA) is 43.1 Å². The van der Waals surface area contributed by atoms with E-state index in [2.05, 4.69) is 24.3 Å². The third kappa shape index (κ3) is 3.42. The van der Waals surface area contributed by atoms with Crippen LogP contribution in [0.4, 0.5) is 5.69 Å². The number of non-ortho nitro benzene ring substituents is 1. The van der Waals surface area contributed by atoms with E-state index in [4.69, 9.17) is 11.6 Å². The number of nitrogens with zero attached hydrogens (tertiary/aromatic N) is 1. The number of hydrogen-bond donors (Lipinski definition) is 0. The highest BCUT2D eigenvalue weighted by Gasteiger charge is 2.13. The minimum atomic E-state index is -0.396. The fourth-order valence-electron chi connectivity index (χ4n) is 2.29. The Balaban J connectivity index is 2.04. The summed E-state index contributed by atoms with van der Waals surface area (Å²) in [7, 11) is 0. The molecule has 3 rings (SSSR count). The Hall–Kier alpha value is -1.82. The van der Waals surface area contributed by atoms with Gasteiger partial charge in [-0.25, -0.2) is 0 Å². The molecular weight excluding hydrogens is 350 g/mol. The normalized spacial score (nSPS) is 10.7. The van der Waals surface area contributed by atoms with Gasteiger partial charge < -0.3 is 0 Å². The predicted octanol–water partition coefficient (Wildman–Crippen LogP) is 6.37. The van der Waals surface area contributed by atoms with Crippen LogP contribution in [0.2, 0.25) is 4.34 Å². The quantitative estimate of drug-likeness (QED) is 0.308. The van der Waals surface area contributed by atoms with Gasteiger partial charge >= 0.3 is 0 Å². The average Bonchev–Trinajstić information content (AvgIpc) is 2.97. The summed E-state index contributed by atoms with van der Waals surface area (Å²) in [6.07, 6.45) is 2.04. The zero-order chi connectivity index (χ0) is 16.4. The van der Waals surface area contributed by atoms with Crippen molar-refractivity contribution in [2.45, 2.75) is 4.90 Å². The van der Waals surface area contributed by atoms with Crippen LogP contribution in [-0.4, -0.2) is 11.2 Å². The van der Waals surface area contributed by atoms with Gasteiger partial charge in [0.05, 0.1) is 9.26 Å². The molecule has 23 heavy (non-hydrogen) atoms. The number of hydrogen-bond acceptors (Lipinski definition) is 4. The van der Waals surface area contributed by atoms with Gasteiger partial charge in [-0.2, -0.15) is 0 Å². The van der Waals surface area contributed by atoms with Gasteiger partial charge in [-0.1, -0.05) is 23.7 Å². The van der Waals surface area contributed by atoms with Crippen LogP contribution in [0, 0.1) is 10.1 Å². The Labute approximate surface area is 147 Å². The average molecular weight is 362 g/mol. The number of nitro groups is 1. The van der Waals surface area contributed by atoms with E-state index in [1.54, 1.807) is 23.9 Å². The molecule has 2 aromatic carbocycles. The van der Waals surface area contributed by atoms with Crippen molar-refractivity contribution in [1.29, 1.82) is 0 Å². The first-order chi connectivity index (χ1) is 11.1. The Kier molecular flexibility index (Phi) is 4.71. The van der Waals surface area contributed by atoms with Crippen molar-refractivity contribution < 1.29 is 4.92 Å². The second-order valence-corrected chi connectivity index (χ2v) is 7.39. The van der Waals surface area contributed by atoms with Gasteiger partial charge in [0.1, 0.15) is 0 Å². The van der Waals surface area contributed by atoms with Crippen molar-refractivity contribution in [2.75, 3.05) is 6.26 Å². The second-order valence-electron chi connectivity index (χ2n) is 4.83. The Bertz CT molecular complexity index is 842. The van der Waals surface area contributed by atoms with Crippen LogP contribution in [0.25, 0.3) is 21.6 Å². The first kappa shape index (κ1) is 16.1. The number of thiophene rings is 1. The van der Waals surface area contributed by atoms with Crippen molar-refractivity contribution in [3.63, 3.8) is 0 Å². The molecule has 0 fully saturated rings. The second kappa shape index (κ2) is 6.74. The molecule has 0 atom stereocenters. The first-order valence-electron chi connectivity index (χ1n) is 6.77. The lowest BCUT2D eigenvalue weighted by atomic mass is 10.0. The van der Waals surface area contributed by atoms with E-state index in [-0.39, 0.29) is 5.69 Å². The molecular formula is C17H12ClNO2S2. The smallest absolute Gasteiger partial charge is 0.258 e. The van der Waals surface area contributed by atoms with Crippen LogP contribution < -0.4 is 0 Å². The van der Waals surface area contributed by atoms with Crippen LogP contribution >= 0.6 is 34.7 Å². The summed E-state index contributed by atoms with van der Waals surface area (Å²) in [5.74, 6) is 0. The molecule has 1 aromatic heterocycles. The third-order valence-electron chi connectivity index (χ3n) is 3.44. The highest BCUT2D eigenvalue weighted by Crippen LogP contribution is 2.42. The molecule has 3 aromatic rings. The molecule has 0 spiro atoms. The lowest BCUT2D eigenvalue weighted by Crippen LogP contribution is -1.87. The van der Waals surface area contributed by atoms with Gasteiger partial charge in [-0.3, -0.25) is 10.1 Å². The third-order valence-corrected chi connectivity index (χ3v) is 5.50. The predicted molar refractivity (Wildman–Crippen MR) is 98.6 cm³/mol. The molecule has 0 aliphatic rings. The summed E-state index contributed by atoms with van der Waals surface area (Å²) in [5, 5.41) is 10.8. The summed E-state index contributed by atoms with van der Waals surface area (Å²) < 4.78 is 0.697.